The van der Waals surface area contributed by atoms with Crippen LogP contribution in [0.25, 0.3) is 0 Å². The number of ether oxygens (including phenoxy) is 1. The van der Waals surface area contributed by atoms with Crippen molar-refractivity contribution >= 4 is 23.8 Å². The molecule has 1 fully saturated rings. The topological polar surface area (TPSA) is 98.8 Å². The number of halogens is 1. The summed E-state index contributed by atoms with van der Waals surface area (Å²) in [6.07, 6.45) is 1.22. The summed E-state index contributed by atoms with van der Waals surface area (Å²) < 4.78 is 19.8. The van der Waals surface area contributed by atoms with Gasteiger partial charge in [0.1, 0.15) is 11.9 Å². The lowest BCUT2D eigenvalue weighted by Gasteiger charge is -2.24. The Bertz CT molecular complexity index is 885. The fourth-order valence-corrected chi connectivity index (χ4v) is 3.45. The number of hydrazine groups is 1. The Labute approximate surface area is 186 Å². The Morgan fingerprint density at radius 1 is 1.28 bits per heavy atom. The number of benzene rings is 1. The van der Waals surface area contributed by atoms with E-state index in [1.165, 1.54) is 13.0 Å². The van der Waals surface area contributed by atoms with E-state index in [0.717, 1.165) is 12.2 Å². The molecular weight excluding hydrogens is 415 g/mol. The van der Waals surface area contributed by atoms with Crippen LogP contribution in [0.1, 0.15) is 12.6 Å². The molecule has 1 aromatic heterocycles. The average Bonchev–Trinajstić information content (AvgIpc) is 3.02. The number of hydrogen-bond donors (Lipinski definition) is 3. The number of pyridine rings is 1. The second-order valence-electron chi connectivity index (χ2n) is 7.48. The molecule has 0 radical (unpaired) electrons. The number of carbonyl (C=O) groups is 2. The van der Waals surface area contributed by atoms with Crippen molar-refractivity contribution in [2.24, 2.45) is 0 Å². The van der Waals surface area contributed by atoms with Gasteiger partial charge in [0.15, 0.2) is 0 Å². The van der Waals surface area contributed by atoms with Gasteiger partial charge in [-0.2, -0.15) is 0 Å². The van der Waals surface area contributed by atoms with Gasteiger partial charge in [-0.1, -0.05) is 6.07 Å². The molecule has 3 N–H and O–H groups in total. The molecule has 0 spiro atoms. The zero-order valence-corrected chi connectivity index (χ0v) is 18.1. The fraction of sp³-hybridized carbons (Fsp3) is 0.409. The smallest absolute Gasteiger partial charge is 0.293 e. The van der Waals surface area contributed by atoms with Crippen LogP contribution in [0.3, 0.4) is 0 Å². The molecule has 0 bridgehead atoms. The van der Waals surface area contributed by atoms with Crippen LogP contribution in [0.2, 0.25) is 0 Å². The molecule has 10 heteroatoms. The van der Waals surface area contributed by atoms with Gasteiger partial charge in [0, 0.05) is 45.0 Å². The molecule has 1 amide bonds. The number of nitrogens with one attached hydrogen (secondary N) is 3. The summed E-state index contributed by atoms with van der Waals surface area (Å²) in [5, 5.41) is 7.74. The van der Waals surface area contributed by atoms with Gasteiger partial charge in [0.05, 0.1) is 31.0 Å². The minimum atomic E-state index is -0.555. The highest BCUT2D eigenvalue weighted by Crippen LogP contribution is 2.23. The molecule has 1 atom stereocenters. The van der Waals surface area contributed by atoms with Crippen LogP contribution in [-0.2, 0) is 20.9 Å². The van der Waals surface area contributed by atoms with E-state index in [9.17, 15) is 14.0 Å². The van der Waals surface area contributed by atoms with E-state index in [0.29, 0.717) is 44.0 Å². The maximum atomic E-state index is 14.9. The number of amides is 1. The lowest BCUT2D eigenvalue weighted by molar-refractivity contribution is -0.133. The van der Waals surface area contributed by atoms with E-state index in [1.807, 2.05) is 23.1 Å². The Kier molecular flexibility index (Phi) is 8.76. The number of hydrogen-bond acceptors (Lipinski definition) is 8. The van der Waals surface area contributed by atoms with Crippen molar-refractivity contribution in [1.29, 1.82) is 0 Å². The van der Waals surface area contributed by atoms with E-state index < -0.39 is 6.10 Å². The summed E-state index contributed by atoms with van der Waals surface area (Å²) in [5.41, 5.74) is 5.45. The summed E-state index contributed by atoms with van der Waals surface area (Å²) in [4.78, 5) is 28.1. The molecule has 0 aliphatic carbocycles. The standard InChI is InChI=1S/C22H29FN6O3/c1-17(31)25-13-20(32-16-30)14-26-18-5-6-22(21(23)12-18)28-9-8-27-29(11-10-28)15-19-4-2-3-7-24-19/h2-7,12,16,20,26-27H,8-11,13-15H2,1H3,(H,25,31)/t20-/m0/s1. The molecule has 3 rings (SSSR count). The molecule has 2 heterocycles. The van der Waals surface area contributed by atoms with Crippen LogP contribution in [0.4, 0.5) is 15.8 Å². The van der Waals surface area contributed by atoms with Crippen LogP contribution in [0, 0.1) is 5.82 Å². The largest absolute Gasteiger partial charge is 0.461 e. The van der Waals surface area contributed by atoms with Crippen molar-refractivity contribution in [1.82, 2.24) is 20.7 Å². The van der Waals surface area contributed by atoms with Gasteiger partial charge in [-0.3, -0.25) is 20.0 Å². The van der Waals surface area contributed by atoms with Crippen molar-refractivity contribution in [3.8, 4) is 0 Å². The lowest BCUT2D eigenvalue weighted by Crippen LogP contribution is -2.38. The Morgan fingerprint density at radius 3 is 2.88 bits per heavy atom. The molecular formula is C22H29FN6O3. The minimum absolute atomic E-state index is 0.178. The van der Waals surface area contributed by atoms with Crippen molar-refractivity contribution in [2.45, 2.75) is 19.6 Å². The van der Waals surface area contributed by atoms with E-state index in [1.54, 1.807) is 18.3 Å². The number of rotatable bonds is 10. The van der Waals surface area contributed by atoms with Crippen molar-refractivity contribution in [3.63, 3.8) is 0 Å². The second-order valence-corrected chi connectivity index (χ2v) is 7.48. The van der Waals surface area contributed by atoms with Crippen LogP contribution in [-0.4, -0.2) is 67.7 Å². The van der Waals surface area contributed by atoms with Crippen LogP contribution in [0.15, 0.2) is 42.6 Å². The van der Waals surface area contributed by atoms with Crippen LogP contribution < -0.4 is 21.0 Å². The van der Waals surface area contributed by atoms with E-state index in [2.05, 4.69) is 26.1 Å². The number of aromatic nitrogens is 1. The van der Waals surface area contributed by atoms with Gasteiger partial charge >= 0.3 is 0 Å². The predicted molar refractivity (Wildman–Crippen MR) is 119 cm³/mol. The quantitative estimate of drug-likeness (QED) is 0.470. The molecule has 1 aromatic carbocycles. The van der Waals surface area contributed by atoms with Gasteiger partial charge in [0.2, 0.25) is 5.91 Å². The molecule has 9 nitrogen and oxygen atoms in total. The number of carbonyl (C=O) groups excluding carboxylic acids is 2. The third kappa shape index (κ3) is 7.17. The van der Waals surface area contributed by atoms with Gasteiger partial charge in [-0.15, -0.1) is 0 Å². The summed E-state index contributed by atoms with van der Waals surface area (Å²) in [6.45, 7) is 5.60. The number of anilines is 2. The molecule has 172 valence electrons. The molecule has 1 saturated heterocycles. The van der Waals surface area contributed by atoms with Crippen molar-refractivity contribution < 1.29 is 18.7 Å². The SMILES string of the molecule is CC(=O)NC[C@@H](CNc1ccc(N2CCNN(Cc3ccccn3)CC2)c(F)c1)OC=O. The highest BCUT2D eigenvalue weighted by atomic mass is 19.1. The number of nitrogens with zero attached hydrogens (tertiary/aromatic N) is 3. The minimum Gasteiger partial charge on any atom is -0.461 e. The Balaban J connectivity index is 1.55. The van der Waals surface area contributed by atoms with Crippen LogP contribution >= 0.6 is 0 Å². The molecule has 2 aromatic rings. The highest BCUT2D eigenvalue weighted by molar-refractivity contribution is 5.72. The Morgan fingerprint density at radius 2 is 2.16 bits per heavy atom. The van der Waals surface area contributed by atoms with Crippen LogP contribution in [0.5, 0.6) is 0 Å². The first kappa shape index (κ1) is 23.4. The lowest BCUT2D eigenvalue weighted by atomic mass is 10.2. The van der Waals surface area contributed by atoms with Crippen molar-refractivity contribution in [3.05, 3.63) is 54.1 Å². The third-order valence-electron chi connectivity index (χ3n) is 5.08. The third-order valence-corrected chi connectivity index (χ3v) is 5.08. The average molecular weight is 445 g/mol. The first-order chi connectivity index (χ1) is 15.5. The molecule has 0 unspecified atom stereocenters. The molecule has 32 heavy (non-hydrogen) atoms. The summed E-state index contributed by atoms with van der Waals surface area (Å²) in [7, 11) is 0. The van der Waals surface area contributed by atoms with Crippen molar-refractivity contribution in [2.75, 3.05) is 49.5 Å². The van der Waals surface area contributed by atoms with Gasteiger partial charge < -0.3 is 20.3 Å². The van der Waals surface area contributed by atoms with Gasteiger partial charge in [-0.05, 0) is 30.3 Å². The van der Waals surface area contributed by atoms with Gasteiger partial charge in [-0.25, -0.2) is 9.40 Å². The first-order valence-corrected chi connectivity index (χ1v) is 10.6. The first-order valence-electron chi connectivity index (χ1n) is 10.6. The van der Waals surface area contributed by atoms with E-state index in [4.69, 9.17) is 4.74 Å². The fourth-order valence-electron chi connectivity index (χ4n) is 3.45. The zero-order chi connectivity index (χ0) is 22.8. The van der Waals surface area contributed by atoms with Gasteiger partial charge in [0.25, 0.3) is 6.47 Å². The summed E-state index contributed by atoms with van der Waals surface area (Å²) in [6, 6.07) is 10.8. The summed E-state index contributed by atoms with van der Waals surface area (Å²) in [5.74, 6) is -0.548. The molecule has 0 saturated carbocycles. The monoisotopic (exact) mass is 444 g/mol. The highest BCUT2D eigenvalue weighted by Gasteiger charge is 2.18. The van der Waals surface area contributed by atoms with E-state index in [-0.39, 0.29) is 24.8 Å². The maximum absolute atomic E-state index is 14.9. The zero-order valence-electron chi connectivity index (χ0n) is 18.1. The van der Waals surface area contributed by atoms with E-state index >= 15 is 0 Å². The maximum Gasteiger partial charge on any atom is 0.293 e. The molecule has 1 aliphatic rings. The summed E-state index contributed by atoms with van der Waals surface area (Å²) >= 11 is 0. The normalized spacial score (nSPS) is 15.5. The second kappa shape index (κ2) is 12.0. The Hall–Kier alpha value is -3.24. The predicted octanol–water partition coefficient (Wildman–Crippen LogP) is 1.14. The molecule has 1 aliphatic heterocycles.